The SMILES string of the molecule is CCOc1cc(/C=C2\SC(=N)NC2=O)ccc1OCc1ccc(Br)cc1. The molecule has 0 unspecified atom stereocenters. The van der Waals surface area contributed by atoms with Gasteiger partial charge in [-0.1, -0.05) is 34.1 Å². The van der Waals surface area contributed by atoms with Crippen molar-refractivity contribution in [3.63, 3.8) is 0 Å². The normalized spacial score (nSPS) is 15.2. The Bertz CT molecular complexity index is 866. The van der Waals surface area contributed by atoms with Crippen LogP contribution in [0.1, 0.15) is 18.1 Å². The summed E-state index contributed by atoms with van der Waals surface area (Å²) in [6.45, 7) is 2.85. The average Bonchev–Trinajstić information content (AvgIpc) is 2.93. The largest absolute Gasteiger partial charge is 0.490 e. The van der Waals surface area contributed by atoms with E-state index in [9.17, 15) is 4.79 Å². The van der Waals surface area contributed by atoms with Crippen molar-refractivity contribution in [2.24, 2.45) is 0 Å². The Morgan fingerprint density at radius 1 is 1.15 bits per heavy atom. The van der Waals surface area contributed by atoms with Crippen LogP contribution in [-0.2, 0) is 11.4 Å². The number of hydrogen-bond acceptors (Lipinski definition) is 5. The highest BCUT2D eigenvalue weighted by molar-refractivity contribution is 9.10. The van der Waals surface area contributed by atoms with Crippen molar-refractivity contribution in [2.45, 2.75) is 13.5 Å². The van der Waals surface area contributed by atoms with Crippen molar-refractivity contribution in [3.05, 3.63) is 63.0 Å². The maximum atomic E-state index is 11.7. The molecule has 1 amide bonds. The molecule has 0 atom stereocenters. The fourth-order valence-electron chi connectivity index (χ4n) is 2.34. The fourth-order valence-corrected chi connectivity index (χ4v) is 3.30. The van der Waals surface area contributed by atoms with Crippen LogP contribution in [0.15, 0.2) is 51.8 Å². The van der Waals surface area contributed by atoms with Gasteiger partial charge in [0, 0.05) is 4.47 Å². The minimum atomic E-state index is -0.256. The van der Waals surface area contributed by atoms with E-state index in [4.69, 9.17) is 14.9 Å². The molecule has 0 bridgehead atoms. The van der Waals surface area contributed by atoms with Crippen LogP contribution < -0.4 is 14.8 Å². The van der Waals surface area contributed by atoms with Crippen LogP contribution in [-0.4, -0.2) is 17.7 Å². The lowest BCUT2D eigenvalue weighted by Gasteiger charge is -2.13. The first-order valence-electron chi connectivity index (χ1n) is 7.98. The Kier molecular flexibility index (Phi) is 6.00. The number of halogens is 1. The van der Waals surface area contributed by atoms with Crippen molar-refractivity contribution in [2.75, 3.05) is 6.61 Å². The van der Waals surface area contributed by atoms with Crippen LogP contribution in [0.3, 0.4) is 0 Å². The topological polar surface area (TPSA) is 71.4 Å². The van der Waals surface area contributed by atoms with Crippen LogP contribution in [0.4, 0.5) is 0 Å². The summed E-state index contributed by atoms with van der Waals surface area (Å²) in [5.41, 5.74) is 1.87. The standard InChI is InChI=1S/C19H17BrN2O3S/c1-2-24-16-9-13(10-17-18(23)22-19(21)26-17)5-8-15(16)25-11-12-3-6-14(20)7-4-12/h3-10H,2,11H2,1H3,(H2,21,22,23)/b17-10-. The summed E-state index contributed by atoms with van der Waals surface area (Å²) in [5, 5.41) is 10.1. The van der Waals surface area contributed by atoms with Gasteiger partial charge >= 0.3 is 0 Å². The van der Waals surface area contributed by atoms with Gasteiger partial charge in [0.1, 0.15) is 6.61 Å². The van der Waals surface area contributed by atoms with Gasteiger partial charge in [0.2, 0.25) is 0 Å². The Labute approximate surface area is 164 Å². The minimum absolute atomic E-state index is 0.140. The molecule has 0 saturated carbocycles. The highest BCUT2D eigenvalue weighted by atomic mass is 79.9. The predicted molar refractivity (Wildman–Crippen MR) is 108 cm³/mol. The molecular formula is C19H17BrN2O3S. The highest BCUT2D eigenvalue weighted by Gasteiger charge is 2.22. The molecule has 134 valence electrons. The number of hydrogen-bond donors (Lipinski definition) is 2. The van der Waals surface area contributed by atoms with Crippen LogP contribution in [0.25, 0.3) is 6.08 Å². The highest BCUT2D eigenvalue weighted by Crippen LogP contribution is 2.32. The van der Waals surface area contributed by atoms with Crippen LogP contribution in [0.2, 0.25) is 0 Å². The van der Waals surface area contributed by atoms with Crippen molar-refractivity contribution < 1.29 is 14.3 Å². The zero-order valence-corrected chi connectivity index (χ0v) is 16.4. The van der Waals surface area contributed by atoms with E-state index in [1.54, 1.807) is 6.08 Å². The second-order valence-electron chi connectivity index (χ2n) is 5.45. The summed E-state index contributed by atoms with van der Waals surface area (Å²) in [7, 11) is 0. The smallest absolute Gasteiger partial charge is 0.264 e. The van der Waals surface area contributed by atoms with E-state index >= 15 is 0 Å². The molecular weight excluding hydrogens is 416 g/mol. The molecule has 0 aliphatic carbocycles. The molecule has 7 heteroatoms. The zero-order valence-electron chi connectivity index (χ0n) is 14.0. The summed E-state index contributed by atoms with van der Waals surface area (Å²) in [4.78, 5) is 12.2. The fraction of sp³-hybridized carbons (Fsp3) is 0.158. The molecule has 1 fully saturated rings. The lowest BCUT2D eigenvalue weighted by Crippen LogP contribution is -2.18. The van der Waals surface area contributed by atoms with E-state index in [0.717, 1.165) is 27.4 Å². The molecule has 5 nitrogen and oxygen atoms in total. The van der Waals surface area contributed by atoms with Gasteiger partial charge in [-0.2, -0.15) is 0 Å². The maximum absolute atomic E-state index is 11.7. The number of ether oxygens (including phenoxy) is 2. The third-order valence-corrected chi connectivity index (χ3v) is 4.89. The van der Waals surface area contributed by atoms with Gasteiger partial charge in [-0.15, -0.1) is 0 Å². The molecule has 0 spiro atoms. The summed E-state index contributed by atoms with van der Waals surface area (Å²) in [5.74, 6) is 1.01. The third kappa shape index (κ3) is 4.68. The number of amidine groups is 1. The lowest BCUT2D eigenvalue weighted by atomic mass is 10.2. The Morgan fingerprint density at radius 2 is 1.92 bits per heavy atom. The van der Waals surface area contributed by atoms with Gasteiger partial charge in [-0.05, 0) is 60.2 Å². The summed E-state index contributed by atoms with van der Waals surface area (Å²) < 4.78 is 12.6. The molecule has 0 radical (unpaired) electrons. The average molecular weight is 433 g/mol. The summed E-state index contributed by atoms with van der Waals surface area (Å²) in [6, 6.07) is 13.5. The maximum Gasteiger partial charge on any atom is 0.264 e. The molecule has 2 N–H and O–H groups in total. The van der Waals surface area contributed by atoms with E-state index in [-0.39, 0.29) is 11.1 Å². The zero-order chi connectivity index (χ0) is 18.5. The van der Waals surface area contributed by atoms with Gasteiger partial charge in [0.25, 0.3) is 5.91 Å². The van der Waals surface area contributed by atoms with E-state index in [2.05, 4.69) is 21.2 Å². The Hall–Kier alpha value is -2.25. The molecule has 2 aromatic carbocycles. The van der Waals surface area contributed by atoms with E-state index in [1.807, 2.05) is 49.4 Å². The number of thioether (sulfide) groups is 1. The first-order valence-corrected chi connectivity index (χ1v) is 9.59. The number of carbonyl (C=O) groups is 1. The van der Waals surface area contributed by atoms with Gasteiger partial charge in [-0.3, -0.25) is 10.2 Å². The molecule has 1 saturated heterocycles. The summed E-state index contributed by atoms with van der Waals surface area (Å²) >= 11 is 4.52. The predicted octanol–water partition coefficient (Wildman–Crippen LogP) is 4.57. The van der Waals surface area contributed by atoms with Crippen LogP contribution in [0, 0.1) is 5.41 Å². The Balaban J connectivity index is 1.78. The molecule has 2 aromatic rings. The third-order valence-electron chi connectivity index (χ3n) is 3.54. The molecule has 1 aliphatic rings. The second-order valence-corrected chi connectivity index (χ2v) is 7.42. The molecule has 3 rings (SSSR count). The lowest BCUT2D eigenvalue weighted by molar-refractivity contribution is -0.115. The van der Waals surface area contributed by atoms with Crippen molar-refractivity contribution in [3.8, 4) is 11.5 Å². The molecule has 1 heterocycles. The summed E-state index contributed by atoms with van der Waals surface area (Å²) in [6.07, 6.45) is 1.74. The van der Waals surface area contributed by atoms with Crippen LogP contribution in [0.5, 0.6) is 11.5 Å². The second kappa shape index (κ2) is 8.42. The number of benzene rings is 2. The van der Waals surface area contributed by atoms with E-state index < -0.39 is 0 Å². The van der Waals surface area contributed by atoms with Gasteiger partial charge in [0.05, 0.1) is 11.5 Å². The Morgan fingerprint density at radius 3 is 2.58 bits per heavy atom. The number of amides is 1. The first kappa shape index (κ1) is 18.5. The van der Waals surface area contributed by atoms with Gasteiger partial charge in [0.15, 0.2) is 16.7 Å². The number of carbonyl (C=O) groups excluding carboxylic acids is 1. The van der Waals surface area contributed by atoms with Crippen molar-refractivity contribution in [1.82, 2.24) is 5.32 Å². The first-order chi connectivity index (χ1) is 12.5. The van der Waals surface area contributed by atoms with Gasteiger partial charge in [-0.25, -0.2) is 0 Å². The van der Waals surface area contributed by atoms with E-state index in [0.29, 0.717) is 29.6 Å². The van der Waals surface area contributed by atoms with E-state index in [1.165, 1.54) is 0 Å². The van der Waals surface area contributed by atoms with Crippen molar-refractivity contribution >= 4 is 44.8 Å². The molecule has 26 heavy (non-hydrogen) atoms. The molecule has 1 aliphatic heterocycles. The number of nitrogens with one attached hydrogen (secondary N) is 2. The minimum Gasteiger partial charge on any atom is -0.490 e. The molecule has 0 aromatic heterocycles. The van der Waals surface area contributed by atoms with Crippen molar-refractivity contribution in [1.29, 1.82) is 5.41 Å². The van der Waals surface area contributed by atoms with Gasteiger partial charge < -0.3 is 14.8 Å². The van der Waals surface area contributed by atoms with Crippen LogP contribution >= 0.6 is 27.7 Å². The quantitative estimate of drug-likeness (QED) is 0.655. The number of rotatable bonds is 6. The monoisotopic (exact) mass is 432 g/mol.